The quantitative estimate of drug-likeness (QED) is 0.756. The van der Waals surface area contributed by atoms with Crippen LogP contribution in [0.25, 0.3) is 0 Å². The first-order valence-electron chi connectivity index (χ1n) is 5.63. The monoisotopic (exact) mass is 208 g/mol. The van der Waals surface area contributed by atoms with E-state index in [0.29, 0.717) is 18.0 Å². The Hall–Kier alpha value is -1.12. The standard InChI is InChI=1S/C12H20N2O/c1-5-6-11-13-9(4)12(14-11)10(15)7-8(2)3/h8H,5-7H2,1-4H3,(H,13,14). The molecule has 0 atom stereocenters. The van der Waals surface area contributed by atoms with Crippen LogP contribution in [0.1, 0.15) is 55.6 Å². The number of carbonyl (C=O) groups excluding carboxylic acids is 1. The lowest BCUT2D eigenvalue weighted by Crippen LogP contribution is -2.05. The molecule has 0 saturated carbocycles. The van der Waals surface area contributed by atoms with Crippen molar-refractivity contribution in [2.24, 2.45) is 5.92 Å². The van der Waals surface area contributed by atoms with Crippen LogP contribution >= 0.6 is 0 Å². The van der Waals surface area contributed by atoms with Gasteiger partial charge in [0.2, 0.25) is 0 Å². The molecule has 0 aliphatic heterocycles. The summed E-state index contributed by atoms with van der Waals surface area (Å²) in [7, 11) is 0. The van der Waals surface area contributed by atoms with Gasteiger partial charge in [-0.15, -0.1) is 0 Å². The fraction of sp³-hybridized carbons (Fsp3) is 0.667. The molecular formula is C12H20N2O. The lowest BCUT2D eigenvalue weighted by atomic mass is 10.0. The molecular weight excluding hydrogens is 188 g/mol. The van der Waals surface area contributed by atoms with E-state index in [2.05, 4.69) is 30.7 Å². The second-order valence-corrected chi connectivity index (χ2v) is 4.42. The lowest BCUT2D eigenvalue weighted by molar-refractivity contribution is 0.0962. The number of carbonyl (C=O) groups is 1. The van der Waals surface area contributed by atoms with Crippen LogP contribution in [0.4, 0.5) is 0 Å². The molecule has 0 aliphatic carbocycles. The summed E-state index contributed by atoms with van der Waals surface area (Å²) in [6, 6.07) is 0. The van der Waals surface area contributed by atoms with Gasteiger partial charge in [0.15, 0.2) is 5.78 Å². The Morgan fingerprint density at radius 1 is 1.47 bits per heavy atom. The van der Waals surface area contributed by atoms with Crippen molar-refractivity contribution in [3.05, 3.63) is 17.2 Å². The Morgan fingerprint density at radius 3 is 2.67 bits per heavy atom. The number of aromatic nitrogens is 2. The predicted molar refractivity (Wildman–Crippen MR) is 61.1 cm³/mol. The zero-order valence-corrected chi connectivity index (χ0v) is 10.1. The number of ketones is 1. The zero-order chi connectivity index (χ0) is 11.4. The Kier molecular flexibility index (Phi) is 4.06. The highest BCUT2D eigenvalue weighted by Gasteiger charge is 2.14. The lowest BCUT2D eigenvalue weighted by Gasteiger charge is -2.01. The summed E-state index contributed by atoms with van der Waals surface area (Å²) >= 11 is 0. The highest BCUT2D eigenvalue weighted by atomic mass is 16.1. The van der Waals surface area contributed by atoms with Crippen LogP contribution in [-0.2, 0) is 6.42 Å². The molecule has 0 bridgehead atoms. The number of aryl methyl sites for hydroxylation is 2. The summed E-state index contributed by atoms with van der Waals surface area (Å²) in [5.74, 6) is 1.51. The van der Waals surface area contributed by atoms with E-state index in [1.807, 2.05) is 6.92 Å². The minimum absolute atomic E-state index is 0.178. The molecule has 3 heteroatoms. The average Bonchev–Trinajstić information content (AvgIpc) is 2.46. The van der Waals surface area contributed by atoms with Gasteiger partial charge in [-0.25, -0.2) is 4.98 Å². The molecule has 0 fully saturated rings. The second kappa shape index (κ2) is 5.10. The van der Waals surface area contributed by atoms with Crippen molar-refractivity contribution in [3.8, 4) is 0 Å². The first-order chi connectivity index (χ1) is 7.04. The molecule has 1 N–H and O–H groups in total. The third-order valence-electron chi connectivity index (χ3n) is 2.29. The maximum absolute atomic E-state index is 11.8. The molecule has 0 saturated heterocycles. The number of nitrogens with one attached hydrogen (secondary N) is 1. The minimum atomic E-state index is 0.178. The van der Waals surface area contributed by atoms with E-state index in [4.69, 9.17) is 0 Å². The Balaban J connectivity index is 2.80. The van der Waals surface area contributed by atoms with E-state index in [0.717, 1.165) is 24.4 Å². The molecule has 0 spiro atoms. The molecule has 0 radical (unpaired) electrons. The molecule has 3 nitrogen and oxygen atoms in total. The fourth-order valence-electron chi connectivity index (χ4n) is 1.62. The highest BCUT2D eigenvalue weighted by Crippen LogP contribution is 2.12. The molecule has 1 rings (SSSR count). The SMILES string of the molecule is CCCc1nc(C)c(C(=O)CC(C)C)[nH]1. The van der Waals surface area contributed by atoms with E-state index in [1.165, 1.54) is 0 Å². The highest BCUT2D eigenvalue weighted by molar-refractivity contribution is 5.95. The average molecular weight is 208 g/mol. The van der Waals surface area contributed by atoms with Crippen LogP contribution in [0.3, 0.4) is 0 Å². The zero-order valence-electron chi connectivity index (χ0n) is 10.1. The maximum atomic E-state index is 11.8. The van der Waals surface area contributed by atoms with Gasteiger partial charge in [0.05, 0.1) is 5.69 Å². The second-order valence-electron chi connectivity index (χ2n) is 4.42. The molecule has 0 amide bonds. The van der Waals surface area contributed by atoms with Crippen LogP contribution in [0.5, 0.6) is 0 Å². The summed E-state index contributed by atoms with van der Waals surface area (Å²) in [5.41, 5.74) is 1.54. The molecule has 1 heterocycles. The van der Waals surface area contributed by atoms with Crippen LogP contribution < -0.4 is 0 Å². The van der Waals surface area contributed by atoms with Crippen molar-refractivity contribution >= 4 is 5.78 Å². The number of hydrogen-bond acceptors (Lipinski definition) is 2. The third kappa shape index (κ3) is 3.18. The van der Waals surface area contributed by atoms with E-state index in [1.54, 1.807) is 0 Å². The van der Waals surface area contributed by atoms with E-state index in [9.17, 15) is 4.79 Å². The van der Waals surface area contributed by atoms with Crippen molar-refractivity contribution < 1.29 is 4.79 Å². The minimum Gasteiger partial charge on any atom is -0.339 e. The van der Waals surface area contributed by atoms with Crippen molar-refractivity contribution in [1.29, 1.82) is 0 Å². The van der Waals surface area contributed by atoms with Crippen LogP contribution in [0.15, 0.2) is 0 Å². The summed E-state index contributed by atoms with van der Waals surface area (Å²) in [4.78, 5) is 19.3. The Bertz CT molecular complexity index is 339. The third-order valence-corrected chi connectivity index (χ3v) is 2.29. The van der Waals surface area contributed by atoms with Gasteiger partial charge >= 0.3 is 0 Å². The van der Waals surface area contributed by atoms with Crippen molar-refractivity contribution in [3.63, 3.8) is 0 Å². The number of Topliss-reactive ketones (excluding diaryl/α,β-unsaturated/α-hetero) is 1. The first-order valence-corrected chi connectivity index (χ1v) is 5.63. The van der Waals surface area contributed by atoms with E-state index >= 15 is 0 Å². The van der Waals surface area contributed by atoms with Gasteiger partial charge < -0.3 is 4.98 Å². The molecule has 15 heavy (non-hydrogen) atoms. The number of nitrogens with zero attached hydrogens (tertiary/aromatic N) is 1. The van der Waals surface area contributed by atoms with Gasteiger partial charge in [-0.2, -0.15) is 0 Å². The van der Waals surface area contributed by atoms with E-state index in [-0.39, 0.29) is 5.78 Å². The van der Waals surface area contributed by atoms with Gasteiger partial charge in [0, 0.05) is 12.8 Å². The van der Waals surface area contributed by atoms with Crippen molar-refractivity contribution in [2.75, 3.05) is 0 Å². The molecule has 0 aromatic carbocycles. The van der Waals surface area contributed by atoms with Gasteiger partial charge in [-0.3, -0.25) is 4.79 Å². The van der Waals surface area contributed by atoms with Crippen molar-refractivity contribution in [1.82, 2.24) is 9.97 Å². The van der Waals surface area contributed by atoms with Crippen molar-refractivity contribution in [2.45, 2.75) is 47.0 Å². The molecule has 1 aromatic rings. The number of hydrogen-bond donors (Lipinski definition) is 1. The summed E-state index contributed by atoms with van der Waals surface area (Å²) in [6.45, 7) is 8.10. The first kappa shape index (κ1) is 12.0. The molecule has 1 aromatic heterocycles. The largest absolute Gasteiger partial charge is 0.339 e. The van der Waals surface area contributed by atoms with Gasteiger partial charge in [0.25, 0.3) is 0 Å². The summed E-state index contributed by atoms with van der Waals surface area (Å²) in [6.07, 6.45) is 2.55. The number of rotatable bonds is 5. The predicted octanol–water partition coefficient (Wildman–Crippen LogP) is 2.90. The fourth-order valence-corrected chi connectivity index (χ4v) is 1.62. The summed E-state index contributed by atoms with van der Waals surface area (Å²) < 4.78 is 0. The Morgan fingerprint density at radius 2 is 2.13 bits per heavy atom. The van der Waals surface area contributed by atoms with Crippen LogP contribution in [0.2, 0.25) is 0 Å². The molecule has 0 unspecified atom stereocenters. The number of aromatic amines is 1. The van der Waals surface area contributed by atoms with Crippen LogP contribution in [-0.4, -0.2) is 15.8 Å². The van der Waals surface area contributed by atoms with Gasteiger partial charge in [-0.1, -0.05) is 20.8 Å². The number of imidazole rings is 1. The summed E-state index contributed by atoms with van der Waals surface area (Å²) in [5, 5.41) is 0. The van der Waals surface area contributed by atoms with Crippen LogP contribution in [0, 0.1) is 12.8 Å². The number of H-pyrrole nitrogens is 1. The molecule has 0 aliphatic rings. The maximum Gasteiger partial charge on any atom is 0.181 e. The van der Waals surface area contributed by atoms with Gasteiger partial charge in [0.1, 0.15) is 11.5 Å². The smallest absolute Gasteiger partial charge is 0.181 e. The normalized spacial score (nSPS) is 11.0. The molecule has 84 valence electrons. The Labute approximate surface area is 91.3 Å². The van der Waals surface area contributed by atoms with E-state index < -0.39 is 0 Å². The van der Waals surface area contributed by atoms with Gasteiger partial charge in [-0.05, 0) is 19.3 Å². The topological polar surface area (TPSA) is 45.8 Å².